The van der Waals surface area contributed by atoms with E-state index >= 15 is 0 Å². The summed E-state index contributed by atoms with van der Waals surface area (Å²) in [6, 6.07) is 11.5. The number of amidine groups is 1. The molecule has 0 fully saturated rings. The van der Waals surface area contributed by atoms with Gasteiger partial charge in [-0.2, -0.15) is 4.99 Å². The van der Waals surface area contributed by atoms with E-state index in [4.69, 9.17) is 31.5 Å². The zero-order valence-electron chi connectivity index (χ0n) is 17.7. The van der Waals surface area contributed by atoms with Crippen molar-refractivity contribution in [2.24, 2.45) is 10.7 Å². The number of hydrogen-bond acceptors (Lipinski definition) is 6. The Hall–Kier alpha value is -2.64. The van der Waals surface area contributed by atoms with E-state index in [1.54, 1.807) is 18.2 Å². The highest BCUT2D eigenvalue weighted by atomic mass is 35.5. The van der Waals surface area contributed by atoms with Gasteiger partial charge >= 0.3 is 0 Å². The Morgan fingerprint density at radius 3 is 2.52 bits per heavy atom. The highest BCUT2D eigenvalue weighted by molar-refractivity contribution is 8.18. The maximum absolute atomic E-state index is 11.8. The fraction of sp³-hybridized carbons (Fsp3) is 0.304. The summed E-state index contributed by atoms with van der Waals surface area (Å²) in [7, 11) is 1.53. The lowest BCUT2D eigenvalue weighted by atomic mass is 9.99. The lowest BCUT2D eigenvalue weighted by Crippen LogP contribution is -2.10. The molecule has 1 aliphatic heterocycles. The van der Waals surface area contributed by atoms with Crippen LogP contribution in [0.5, 0.6) is 17.2 Å². The molecule has 1 heterocycles. The number of carbonyl (C=O) groups excluding carboxylic acids is 1. The second-order valence-corrected chi connectivity index (χ2v) is 8.44. The van der Waals surface area contributed by atoms with Crippen molar-refractivity contribution in [2.45, 2.75) is 26.2 Å². The van der Waals surface area contributed by atoms with Gasteiger partial charge < -0.3 is 19.9 Å². The number of nitrogens with zero attached hydrogens (tertiary/aromatic N) is 1. The first-order valence-corrected chi connectivity index (χ1v) is 11.1. The monoisotopic (exact) mass is 460 g/mol. The van der Waals surface area contributed by atoms with E-state index in [0.717, 1.165) is 23.9 Å². The van der Waals surface area contributed by atoms with Gasteiger partial charge in [0.05, 0.1) is 17.0 Å². The van der Waals surface area contributed by atoms with E-state index in [1.165, 1.54) is 12.7 Å². The smallest absolute Gasteiger partial charge is 0.286 e. The van der Waals surface area contributed by atoms with Crippen molar-refractivity contribution in [3.05, 3.63) is 57.5 Å². The quantitative estimate of drug-likeness (QED) is 0.406. The average molecular weight is 461 g/mol. The Morgan fingerprint density at radius 1 is 1.19 bits per heavy atom. The maximum atomic E-state index is 11.8. The molecule has 164 valence electrons. The second kappa shape index (κ2) is 10.6. The number of benzene rings is 2. The Labute approximate surface area is 191 Å². The van der Waals surface area contributed by atoms with Crippen LogP contribution in [-0.4, -0.2) is 31.4 Å². The number of thioether (sulfide) groups is 1. The van der Waals surface area contributed by atoms with Crippen molar-refractivity contribution < 1.29 is 19.0 Å². The predicted octanol–water partition coefficient (Wildman–Crippen LogP) is 5.25. The number of halogens is 1. The molecule has 1 amide bonds. The first-order chi connectivity index (χ1) is 14.9. The normalized spacial score (nSPS) is 15.7. The summed E-state index contributed by atoms with van der Waals surface area (Å²) in [5.74, 6) is 1.83. The molecule has 0 bridgehead atoms. The summed E-state index contributed by atoms with van der Waals surface area (Å²) in [6.07, 6.45) is 2.77. The van der Waals surface area contributed by atoms with Crippen LogP contribution in [0.4, 0.5) is 0 Å². The number of amides is 1. The molecule has 31 heavy (non-hydrogen) atoms. The lowest BCUT2D eigenvalue weighted by molar-refractivity contribution is -0.113. The molecule has 2 aromatic rings. The topological polar surface area (TPSA) is 83.1 Å². The van der Waals surface area contributed by atoms with E-state index in [-0.39, 0.29) is 11.1 Å². The molecule has 1 aliphatic rings. The zero-order valence-corrected chi connectivity index (χ0v) is 19.3. The van der Waals surface area contributed by atoms with Crippen LogP contribution in [0, 0.1) is 0 Å². The number of carbonyl (C=O) groups is 1. The third kappa shape index (κ3) is 5.95. The van der Waals surface area contributed by atoms with Crippen molar-refractivity contribution in [2.75, 3.05) is 20.3 Å². The van der Waals surface area contributed by atoms with Crippen LogP contribution < -0.4 is 19.9 Å². The van der Waals surface area contributed by atoms with Crippen molar-refractivity contribution in [3.63, 3.8) is 0 Å². The minimum absolute atomic E-state index is 0.226. The molecule has 3 rings (SSSR count). The molecule has 0 radical (unpaired) electrons. The van der Waals surface area contributed by atoms with E-state index in [2.05, 4.69) is 31.0 Å². The number of ether oxygens (including phenoxy) is 3. The Kier molecular flexibility index (Phi) is 7.87. The Bertz CT molecular complexity index is 1010. The molecule has 0 saturated heterocycles. The molecule has 0 spiro atoms. The first kappa shape index (κ1) is 23.0. The van der Waals surface area contributed by atoms with Crippen LogP contribution in [0.3, 0.4) is 0 Å². The molecule has 8 heteroatoms. The predicted molar refractivity (Wildman–Crippen MR) is 126 cm³/mol. The molecule has 0 aliphatic carbocycles. The van der Waals surface area contributed by atoms with E-state index < -0.39 is 0 Å². The minimum atomic E-state index is -0.368. The standard InChI is InChI=1S/C23H25ClN2O4S/c1-4-14(2)16-5-7-17(8-6-16)29-9-10-30-21-18(24)11-15(12-19(21)28-3)13-20-22(27)26-23(25)31-20/h5-8,11-14H,4,9-10H2,1-3H3,(H2,25,26,27)/b20-13-. The van der Waals surface area contributed by atoms with Crippen LogP contribution in [0.1, 0.15) is 37.3 Å². The average Bonchev–Trinajstić information content (AvgIpc) is 3.08. The Balaban J connectivity index is 1.60. The van der Waals surface area contributed by atoms with Gasteiger partial charge in [-0.1, -0.05) is 37.6 Å². The molecule has 0 saturated carbocycles. The largest absolute Gasteiger partial charge is 0.493 e. The summed E-state index contributed by atoms with van der Waals surface area (Å²) in [5, 5.41) is 0.595. The number of aliphatic imine (C=N–C) groups is 1. The minimum Gasteiger partial charge on any atom is -0.493 e. The third-order valence-electron chi connectivity index (χ3n) is 4.85. The van der Waals surface area contributed by atoms with Crippen LogP contribution in [0.2, 0.25) is 5.02 Å². The van der Waals surface area contributed by atoms with Gasteiger partial charge in [0.25, 0.3) is 5.91 Å². The van der Waals surface area contributed by atoms with Crippen LogP contribution in [-0.2, 0) is 4.79 Å². The fourth-order valence-electron chi connectivity index (χ4n) is 2.97. The van der Waals surface area contributed by atoms with Gasteiger partial charge in [-0.25, -0.2) is 0 Å². The van der Waals surface area contributed by atoms with Crippen LogP contribution in [0.15, 0.2) is 46.3 Å². The van der Waals surface area contributed by atoms with E-state index in [0.29, 0.717) is 46.1 Å². The van der Waals surface area contributed by atoms with Crippen LogP contribution in [0.25, 0.3) is 6.08 Å². The third-order valence-corrected chi connectivity index (χ3v) is 5.94. The molecule has 1 atom stereocenters. The van der Waals surface area contributed by atoms with E-state index in [1.807, 2.05) is 12.1 Å². The number of nitrogens with two attached hydrogens (primary N) is 1. The van der Waals surface area contributed by atoms with Gasteiger partial charge in [0.2, 0.25) is 0 Å². The summed E-state index contributed by atoms with van der Waals surface area (Å²) < 4.78 is 17.0. The number of methoxy groups -OCH3 is 1. The van der Waals surface area contributed by atoms with Crippen LogP contribution >= 0.6 is 23.4 Å². The molecule has 2 aromatic carbocycles. The highest BCUT2D eigenvalue weighted by Gasteiger charge is 2.20. The molecule has 1 unspecified atom stereocenters. The number of hydrogen-bond donors (Lipinski definition) is 1. The molecule has 2 N–H and O–H groups in total. The molecular formula is C23H25ClN2O4S. The van der Waals surface area contributed by atoms with Crippen molar-refractivity contribution in [3.8, 4) is 17.2 Å². The highest BCUT2D eigenvalue weighted by Crippen LogP contribution is 2.38. The Morgan fingerprint density at radius 2 is 1.90 bits per heavy atom. The van der Waals surface area contributed by atoms with E-state index in [9.17, 15) is 4.79 Å². The summed E-state index contributed by atoms with van der Waals surface area (Å²) in [4.78, 5) is 15.9. The molecule has 0 aromatic heterocycles. The lowest BCUT2D eigenvalue weighted by Gasteiger charge is -2.14. The van der Waals surface area contributed by atoms with Gasteiger partial charge in [-0.3, -0.25) is 4.79 Å². The summed E-state index contributed by atoms with van der Waals surface area (Å²) in [6.45, 7) is 5.03. The SMILES string of the molecule is CCC(C)c1ccc(OCCOc2c(Cl)cc(/C=C3\SC(N)=NC3=O)cc2OC)cc1. The van der Waals surface area contributed by atoms with Gasteiger partial charge in [0, 0.05) is 0 Å². The molecule has 6 nitrogen and oxygen atoms in total. The van der Waals surface area contributed by atoms with Crippen molar-refractivity contribution >= 4 is 40.5 Å². The fourth-order valence-corrected chi connectivity index (χ4v) is 3.93. The van der Waals surface area contributed by atoms with Crippen molar-refractivity contribution in [1.82, 2.24) is 0 Å². The second-order valence-electron chi connectivity index (χ2n) is 6.98. The molecular weight excluding hydrogens is 436 g/mol. The summed E-state index contributed by atoms with van der Waals surface area (Å²) >= 11 is 7.52. The van der Waals surface area contributed by atoms with Gasteiger partial charge in [0.1, 0.15) is 19.0 Å². The van der Waals surface area contributed by atoms with Crippen molar-refractivity contribution in [1.29, 1.82) is 0 Å². The zero-order chi connectivity index (χ0) is 22.4. The summed E-state index contributed by atoms with van der Waals surface area (Å²) in [5.41, 5.74) is 7.57. The first-order valence-electron chi connectivity index (χ1n) is 9.92. The maximum Gasteiger partial charge on any atom is 0.286 e. The van der Waals surface area contributed by atoms with Gasteiger partial charge in [-0.15, -0.1) is 0 Å². The van der Waals surface area contributed by atoms with Gasteiger partial charge in [-0.05, 0) is 65.6 Å². The van der Waals surface area contributed by atoms with Gasteiger partial charge in [0.15, 0.2) is 16.7 Å². The number of rotatable bonds is 9.